The predicted molar refractivity (Wildman–Crippen MR) is 95.3 cm³/mol. The molecular weight excluding hydrogens is 357 g/mol. The van der Waals surface area contributed by atoms with E-state index in [4.69, 9.17) is 4.74 Å². The number of rotatable bonds is 6. The van der Waals surface area contributed by atoms with E-state index in [1.807, 2.05) is 24.3 Å². The summed E-state index contributed by atoms with van der Waals surface area (Å²) in [7, 11) is -3.84. The molecule has 7 heteroatoms. The number of sulfonamides is 1. The van der Waals surface area contributed by atoms with Crippen molar-refractivity contribution in [2.24, 2.45) is 0 Å². The predicted octanol–water partition coefficient (Wildman–Crippen LogP) is 3.00. The molecule has 0 bridgehead atoms. The Kier molecular flexibility index (Phi) is 5.29. The number of ether oxygens (including phenoxy) is 1. The van der Waals surface area contributed by atoms with Gasteiger partial charge in [0, 0.05) is 0 Å². The number of halogens is 1. The second kappa shape index (κ2) is 7.63. The summed E-state index contributed by atoms with van der Waals surface area (Å²) in [5.74, 6) is -1.11. The maximum Gasteiger partial charge on any atom is 0.321 e. The number of esters is 1. The topological polar surface area (TPSA) is 72.5 Å². The van der Waals surface area contributed by atoms with Gasteiger partial charge in [-0.3, -0.25) is 4.79 Å². The summed E-state index contributed by atoms with van der Waals surface area (Å²) in [4.78, 5) is 11.8. The average molecular weight is 373 g/mol. The molecule has 0 saturated heterocycles. The normalized spacial score (nSPS) is 11.4. The molecule has 26 heavy (non-hydrogen) atoms. The lowest BCUT2D eigenvalue weighted by molar-refractivity contribution is -0.143. The monoisotopic (exact) mass is 373 g/mol. The van der Waals surface area contributed by atoms with Crippen molar-refractivity contribution in [1.29, 1.82) is 0 Å². The third-order valence-corrected chi connectivity index (χ3v) is 5.15. The summed E-state index contributed by atoms with van der Waals surface area (Å²) in [6.07, 6.45) is 0. The van der Waals surface area contributed by atoms with Gasteiger partial charge >= 0.3 is 5.97 Å². The second-order valence-electron chi connectivity index (χ2n) is 5.62. The van der Waals surface area contributed by atoms with Crippen molar-refractivity contribution in [3.63, 3.8) is 0 Å². The van der Waals surface area contributed by atoms with Crippen molar-refractivity contribution in [3.8, 4) is 0 Å². The van der Waals surface area contributed by atoms with Crippen LogP contribution in [0, 0.1) is 5.82 Å². The molecule has 0 aromatic heterocycles. The SMILES string of the molecule is O=C(CNS(=O)(=O)c1ccc2ccccc2c1)OCc1ccc(F)cc1. The lowest BCUT2D eigenvalue weighted by Crippen LogP contribution is -2.30. The van der Waals surface area contributed by atoms with Crippen LogP contribution in [-0.2, 0) is 26.2 Å². The van der Waals surface area contributed by atoms with E-state index in [0.29, 0.717) is 5.56 Å². The molecule has 0 amide bonds. The molecule has 1 N–H and O–H groups in total. The maximum absolute atomic E-state index is 12.8. The minimum Gasteiger partial charge on any atom is -0.460 e. The largest absolute Gasteiger partial charge is 0.460 e. The van der Waals surface area contributed by atoms with E-state index in [2.05, 4.69) is 4.72 Å². The summed E-state index contributed by atoms with van der Waals surface area (Å²) in [6, 6.07) is 17.6. The number of hydrogen-bond acceptors (Lipinski definition) is 4. The first kappa shape index (κ1) is 18.0. The van der Waals surface area contributed by atoms with Crippen molar-refractivity contribution in [2.75, 3.05) is 6.54 Å². The van der Waals surface area contributed by atoms with Crippen molar-refractivity contribution in [2.45, 2.75) is 11.5 Å². The van der Waals surface area contributed by atoms with Gasteiger partial charge in [-0.1, -0.05) is 42.5 Å². The highest BCUT2D eigenvalue weighted by Crippen LogP contribution is 2.18. The summed E-state index contributed by atoms with van der Waals surface area (Å²) >= 11 is 0. The summed E-state index contributed by atoms with van der Waals surface area (Å²) in [6.45, 7) is -0.548. The molecule has 0 radical (unpaired) electrons. The Balaban J connectivity index is 1.59. The smallest absolute Gasteiger partial charge is 0.321 e. The lowest BCUT2D eigenvalue weighted by Gasteiger charge is -2.08. The van der Waals surface area contributed by atoms with E-state index in [0.717, 1.165) is 10.8 Å². The molecular formula is C19H16FNO4S. The molecule has 134 valence electrons. The van der Waals surface area contributed by atoms with Crippen molar-refractivity contribution in [1.82, 2.24) is 4.72 Å². The zero-order valence-electron chi connectivity index (χ0n) is 13.7. The van der Waals surface area contributed by atoms with E-state index in [9.17, 15) is 17.6 Å². The zero-order valence-corrected chi connectivity index (χ0v) is 14.5. The van der Waals surface area contributed by atoms with Gasteiger partial charge in [-0.2, -0.15) is 4.72 Å². The van der Waals surface area contributed by atoms with Gasteiger partial charge in [-0.15, -0.1) is 0 Å². The highest BCUT2D eigenvalue weighted by Gasteiger charge is 2.16. The van der Waals surface area contributed by atoms with Gasteiger partial charge in [0.1, 0.15) is 19.0 Å². The van der Waals surface area contributed by atoms with Gasteiger partial charge in [0.25, 0.3) is 0 Å². The fourth-order valence-corrected chi connectivity index (χ4v) is 3.37. The maximum atomic E-state index is 12.8. The summed E-state index contributed by atoms with van der Waals surface area (Å²) < 4.78 is 44.7. The molecule has 0 fully saturated rings. The van der Waals surface area contributed by atoms with Crippen LogP contribution in [0.4, 0.5) is 4.39 Å². The van der Waals surface area contributed by atoms with Gasteiger partial charge in [0.05, 0.1) is 4.90 Å². The quantitative estimate of drug-likeness (QED) is 0.674. The van der Waals surface area contributed by atoms with Crippen LogP contribution in [0.15, 0.2) is 71.6 Å². The number of hydrogen-bond donors (Lipinski definition) is 1. The molecule has 0 saturated carbocycles. The Morgan fingerprint density at radius 3 is 2.38 bits per heavy atom. The van der Waals surface area contributed by atoms with Crippen LogP contribution < -0.4 is 4.72 Å². The molecule has 0 spiro atoms. The molecule has 0 unspecified atom stereocenters. The third-order valence-electron chi connectivity index (χ3n) is 3.75. The summed E-state index contributed by atoms with van der Waals surface area (Å²) in [5.41, 5.74) is 0.608. The van der Waals surface area contributed by atoms with Crippen LogP contribution in [0.2, 0.25) is 0 Å². The minimum atomic E-state index is -3.84. The van der Waals surface area contributed by atoms with E-state index in [-0.39, 0.29) is 17.3 Å². The van der Waals surface area contributed by atoms with Crippen molar-refractivity contribution >= 4 is 26.8 Å². The fourth-order valence-electron chi connectivity index (χ4n) is 2.37. The molecule has 0 aliphatic carbocycles. The number of nitrogens with one attached hydrogen (secondary N) is 1. The molecule has 0 atom stereocenters. The Hall–Kier alpha value is -2.77. The average Bonchev–Trinajstić information content (AvgIpc) is 2.65. The Morgan fingerprint density at radius 2 is 1.65 bits per heavy atom. The van der Waals surface area contributed by atoms with Gasteiger partial charge in [0.15, 0.2) is 0 Å². The number of fused-ring (bicyclic) bond motifs is 1. The second-order valence-corrected chi connectivity index (χ2v) is 7.39. The molecule has 3 aromatic carbocycles. The van der Waals surface area contributed by atoms with Crippen LogP contribution in [0.3, 0.4) is 0 Å². The van der Waals surface area contributed by atoms with E-state index in [1.165, 1.54) is 30.3 Å². The van der Waals surface area contributed by atoms with E-state index >= 15 is 0 Å². The number of benzene rings is 3. The van der Waals surface area contributed by atoms with Crippen molar-refractivity contribution < 1.29 is 22.3 Å². The highest BCUT2D eigenvalue weighted by molar-refractivity contribution is 7.89. The molecule has 0 aliphatic rings. The Labute approximate surface area is 150 Å². The first-order valence-corrected chi connectivity index (χ1v) is 9.31. The highest BCUT2D eigenvalue weighted by atomic mass is 32.2. The van der Waals surface area contributed by atoms with Gasteiger partial charge < -0.3 is 4.74 Å². The Morgan fingerprint density at radius 1 is 0.962 bits per heavy atom. The van der Waals surface area contributed by atoms with Crippen LogP contribution in [0.25, 0.3) is 10.8 Å². The molecule has 3 rings (SSSR count). The summed E-state index contributed by atoms with van der Waals surface area (Å²) in [5, 5.41) is 1.71. The van der Waals surface area contributed by atoms with Gasteiger partial charge in [0.2, 0.25) is 10.0 Å². The zero-order chi connectivity index (χ0) is 18.6. The van der Waals surface area contributed by atoms with E-state index < -0.39 is 22.5 Å². The molecule has 0 aliphatic heterocycles. The first-order chi connectivity index (χ1) is 12.4. The van der Waals surface area contributed by atoms with E-state index in [1.54, 1.807) is 12.1 Å². The fraction of sp³-hybridized carbons (Fsp3) is 0.105. The van der Waals surface area contributed by atoms with Crippen molar-refractivity contribution in [3.05, 3.63) is 78.1 Å². The Bertz CT molecular complexity index is 1030. The third kappa shape index (κ3) is 4.44. The minimum absolute atomic E-state index is 0.0587. The molecule has 3 aromatic rings. The standard InChI is InChI=1S/C19H16FNO4S/c20-17-8-5-14(6-9-17)13-25-19(22)12-21-26(23,24)18-10-7-15-3-1-2-4-16(15)11-18/h1-11,21H,12-13H2. The van der Waals surface area contributed by atoms with Crippen LogP contribution >= 0.6 is 0 Å². The molecule has 5 nitrogen and oxygen atoms in total. The number of carbonyl (C=O) groups excluding carboxylic acids is 1. The van der Waals surface area contributed by atoms with Crippen LogP contribution in [-0.4, -0.2) is 20.9 Å². The lowest BCUT2D eigenvalue weighted by atomic mass is 10.1. The van der Waals surface area contributed by atoms with Crippen LogP contribution in [0.5, 0.6) is 0 Å². The van der Waals surface area contributed by atoms with Crippen LogP contribution in [0.1, 0.15) is 5.56 Å². The van der Waals surface area contributed by atoms with Gasteiger partial charge in [-0.25, -0.2) is 12.8 Å². The molecule has 0 heterocycles. The van der Waals surface area contributed by atoms with Gasteiger partial charge in [-0.05, 0) is 40.6 Å². The number of carbonyl (C=O) groups is 1. The first-order valence-electron chi connectivity index (χ1n) is 7.82.